The second kappa shape index (κ2) is 5.33. The summed E-state index contributed by atoms with van der Waals surface area (Å²) in [5.41, 5.74) is 0.345. The Balaban J connectivity index is 2.01. The maximum Gasteiger partial charge on any atom is 0.311 e. The van der Waals surface area contributed by atoms with Crippen molar-refractivity contribution in [2.75, 3.05) is 11.9 Å². The Kier molecular flexibility index (Phi) is 3.79. The van der Waals surface area contributed by atoms with E-state index in [0.29, 0.717) is 12.5 Å². The molecule has 18 heavy (non-hydrogen) atoms. The molecule has 0 saturated heterocycles. The lowest BCUT2D eigenvalue weighted by Gasteiger charge is -2.33. The van der Waals surface area contributed by atoms with Crippen LogP contribution in [-0.4, -0.2) is 27.6 Å². The fourth-order valence-corrected chi connectivity index (χ4v) is 2.43. The minimum Gasteiger partial charge on any atom is -0.481 e. The zero-order valence-corrected chi connectivity index (χ0v) is 10.6. The van der Waals surface area contributed by atoms with Crippen LogP contribution in [0.15, 0.2) is 12.4 Å². The third-order valence-corrected chi connectivity index (χ3v) is 3.63. The summed E-state index contributed by atoms with van der Waals surface area (Å²) in [5.74, 6) is -0.200. The molecule has 2 N–H and O–H groups in total. The van der Waals surface area contributed by atoms with Gasteiger partial charge in [0.2, 0.25) is 5.95 Å². The Morgan fingerprint density at radius 2 is 1.94 bits per heavy atom. The molecule has 1 aromatic heterocycles. The second-order valence-electron chi connectivity index (χ2n) is 5.08. The second-order valence-corrected chi connectivity index (χ2v) is 5.08. The van der Waals surface area contributed by atoms with Crippen molar-refractivity contribution in [3.8, 4) is 0 Å². The molecule has 5 nitrogen and oxygen atoms in total. The van der Waals surface area contributed by atoms with E-state index in [1.807, 2.05) is 6.92 Å². The van der Waals surface area contributed by atoms with Gasteiger partial charge in [-0.1, -0.05) is 19.3 Å². The summed E-state index contributed by atoms with van der Waals surface area (Å²) in [6, 6.07) is 0. The Hall–Kier alpha value is -1.65. The van der Waals surface area contributed by atoms with E-state index in [1.165, 1.54) is 0 Å². The van der Waals surface area contributed by atoms with Crippen molar-refractivity contribution in [3.05, 3.63) is 18.0 Å². The van der Waals surface area contributed by atoms with Crippen LogP contribution in [0.1, 0.15) is 37.7 Å². The topological polar surface area (TPSA) is 75.1 Å². The molecular weight excluding hydrogens is 230 g/mol. The van der Waals surface area contributed by atoms with E-state index in [4.69, 9.17) is 0 Å². The average molecular weight is 249 g/mol. The normalized spacial score (nSPS) is 18.3. The Bertz CT molecular complexity index is 411. The minimum absolute atomic E-state index is 0.408. The fourth-order valence-electron chi connectivity index (χ4n) is 2.43. The quantitative estimate of drug-likeness (QED) is 0.855. The van der Waals surface area contributed by atoms with Gasteiger partial charge in [-0.2, -0.15) is 0 Å². The fraction of sp³-hybridized carbons (Fsp3) is 0.615. The summed E-state index contributed by atoms with van der Waals surface area (Å²) in [7, 11) is 0. The third kappa shape index (κ3) is 2.78. The van der Waals surface area contributed by atoms with Crippen LogP contribution in [0.2, 0.25) is 0 Å². The number of carbonyl (C=O) groups is 1. The first-order valence-corrected chi connectivity index (χ1v) is 6.38. The van der Waals surface area contributed by atoms with Crippen LogP contribution >= 0.6 is 0 Å². The highest BCUT2D eigenvalue weighted by Crippen LogP contribution is 2.36. The van der Waals surface area contributed by atoms with Crippen LogP contribution in [0, 0.1) is 12.3 Å². The number of rotatable bonds is 4. The monoisotopic (exact) mass is 249 g/mol. The Labute approximate surface area is 107 Å². The number of anilines is 1. The van der Waals surface area contributed by atoms with Crippen LogP contribution in [0.25, 0.3) is 0 Å². The maximum atomic E-state index is 11.5. The largest absolute Gasteiger partial charge is 0.481 e. The summed E-state index contributed by atoms with van der Waals surface area (Å²) in [4.78, 5) is 19.7. The summed E-state index contributed by atoms with van der Waals surface area (Å²) in [6.45, 7) is 2.33. The van der Waals surface area contributed by atoms with Gasteiger partial charge in [-0.15, -0.1) is 0 Å². The van der Waals surface area contributed by atoms with Gasteiger partial charge in [0, 0.05) is 18.9 Å². The van der Waals surface area contributed by atoms with Crippen LogP contribution in [0.5, 0.6) is 0 Å². The summed E-state index contributed by atoms with van der Waals surface area (Å²) in [6.07, 6.45) is 8.04. The molecule has 1 saturated carbocycles. The molecule has 1 heterocycles. The molecule has 0 atom stereocenters. The Morgan fingerprint density at radius 3 is 2.50 bits per heavy atom. The van der Waals surface area contributed by atoms with Crippen molar-refractivity contribution < 1.29 is 9.90 Å². The Morgan fingerprint density at radius 1 is 1.33 bits per heavy atom. The van der Waals surface area contributed by atoms with Gasteiger partial charge in [0.25, 0.3) is 0 Å². The number of hydrogen-bond donors (Lipinski definition) is 2. The van der Waals surface area contributed by atoms with Crippen molar-refractivity contribution in [3.63, 3.8) is 0 Å². The molecule has 0 aromatic carbocycles. The molecule has 5 heteroatoms. The lowest BCUT2D eigenvalue weighted by atomic mass is 9.74. The smallest absolute Gasteiger partial charge is 0.311 e. The zero-order chi connectivity index (χ0) is 13.0. The van der Waals surface area contributed by atoms with Gasteiger partial charge in [0.15, 0.2) is 0 Å². The lowest BCUT2D eigenvalue weighted by molar-refractivity contribution is -0.150. The molecule has 0 amide bonds. The van der Waals surface area contributed by atoms with E-state index >= 15 is 0 Å². The molecule has 1 aliphatic rings. The molecule has 1 aliphatic carbocycles. The van der Waals surface area contributed by atoms with E-state index in [-0.39, 0.29) is 0 Å². The van der Waals surface area contributed by atoms with Crippen molar-refractivity contribution in [1.29, 1.82) is 0 Å². The summed E-state index contributed by atoms with van der Waals surface area (Å²) >= 11 is 0. The molecule has 1 aromatic rings. The molecule has 0 radical (unpaired) electrons. The van der Waals surface area contributed by atoms with Crippen LogP contribution < -0.4 is 5.32 Å². The first-order valence-electron chi connectivity index (χ1n) is 6.38. The lowest BCUT2D eigenvalue weighted by Crippen LogP contribution is -2.39. The van der Waals surface area contributed by atoms with Crippen molar-refractivity contribution in [2.45, 2.75) is 39.0 Å². The average Bonchev–Trinajstić information content (AvgIpc) is 2.39. The summed E-state index contributed by atoms with van der Waals surface area (Å²) in [5, 5.41) is 12.5. The van der Waals surface area contributed by atoms with Gasteiger partial charge in [-0.05, 0) is 25.3 Å². The number of nitrogens with zero attached hydrogens (tertiary/aromatic N) is 2. The molecule has 98 valence electrons. The number of hydrogen-bond acceptors (Lipinski definition) is 4. The number of carboxylic acids is 1. The van der Waals surface area contributed by atoms with Crippen LogP contribution in [0.3, 0.4) is 0 Å². The van der Waals surface area contributed by atoms with Gasteiger partial charge in [-0.3, -0.25) is 4.79 Å². The van der Waals surface area contributed by atoms with Gasteiger partial charge in [-0.25, -0.2) is 9.97 Å². The SMILES string of the molecule is Cc1cnc(NCC2(C(=O)O)CCCCC2)nc1. The molecular formula is C13H19N3O2. The van der Waals surface area contributed by atoms with E-state index in [0.717, 1.165) is 37.7 Å². The zero-order valence-electron chi connectivity index (χ0n) is 10.6. The van der Waals surface area contributed by atoms with Crippen molar-refractivity contribution in [2.24, 2.45) is 5.41 Å². The van der Waals surface area contributed by atoms with E-state index in [1.54, 1.807) is 12.4 Å². The number of aromatic nitrogens is 2. The number of aliphatic carboxylic acids is 1. The van der Waals surface area contributed by atoms with Gasteiger partial charge in [0.1, 0.15) is 0 Å². The minimum atomic E-state index is -0.707. The highest BCUT2D eigenvalue weighted by atomic mass is 16.4. The predicted octanol–water partition coefficient (Wildman–Crippen LogP) is 2.23. The molecule has 1 fully saturated rings. The first-order chi connectivity index (χ1) is 8.62. The van der Waals surface area contributed by atoms with E-state index in [2.05, 4.69) is 15.3 Å². The van der Waals surface area contributed by atoms with Crippen LogP contribution in [0.4, 0.5) is 5.95 Å². The number of carboxylic acid groups (broad SMARTS) is 1. The van der Waals surface area contributed by atoms with Gasteiger partial charge >= 0.3 is 5.97 Å². The molecule has 2 rings (SSSR count). The summed E-state index contributed by atoms with van der Waals surface area (Å²) < 4.78 is 0. The van der Waals surface area contributed by atoms with Gasteiger partial charge < -0.3 is 10.4 Å². The third-order valence-electron chi connectivity index (χ3n) is 3.63. The maximum absolute atomic E-state index is 11.5. The van der Waals surface area contributed by atoms with Crippen LogP contribution in [-0.2, 0) is 4.79 Å². The van der Waals surface area contributed by atoms with Gasteiger partial charge in [0.05, 0.1) is 5.41 Å². The number of aryl methyl sites for hydroxylation is 1. The molecule has 0 bridgehead atoms. The van der Waals surface area contributed by atoms with E-state index in [9.17, 15) is 9.90 Å². The number of nitrogens with one attached hydrogen (secondary N) is 1. The molecule has 0 aliphatic heterocycles. The van der Waals surface area contributed by atoms with Crippen molar-refractivity contribution in [1.82, 2.24) is 9.97 Å². The molecule has 0 spiro atoms. The van der Waals surface area contributed by atoms with E-state index < -0.39 is 11.4 Å². The highest BCUT2D eigenvalue weighted by Gasteiger charge is 2.39. The van der Waals surface area contributed by atoms with Crippen molar-refractivity contribution >= 4 is 11.9 Å². The highest BCUT2D eigenvalue weighted by molar-refractivity contribution is 5.75. The first kappa shape index (κ1) is 12.8. The standard InChI is InChI=1S/C13H19N3O2/c1-10-7-14-12(15-8-10)16-9-13(11(17)18)5-3-2-4-6-13/h7-8H,2-6,9H2,1H3,(H,17,18)(H,14,15,16). The predicted molar refractivity (Wildman–Crippen MR) is 68.4 cm³/mol. The molecule has 0 unspecified atom stereocenters.